The van der Waals surface area contributed by atoms with Crippen molar-refractivity contribution in [2.45, 2.75) is 12.6 Å². The molecule has 0 amide bonds. The third-order valence-electron chi connectivity index (χ3n) is 5.06. The highest BCUT2D eigenvalue weighted by molar-refractivity contribution is 5.91. The predicted octanol–water partition coefficient (Wildman–Crippen LogP) is 1.09. The van der Waals surface area contributed by atoms with Crippen LogP contribution in [0, 0.1) is 0 Å². The first-order valence-electron chi connectivity index (χ1n) is 10.3. The first kappa shape index (κ1) is 22.8. The third kappa shape index (κ3) is 4.69. The Morgan fingerprint density at radius 3 is 2.44 bits per heavy atom. The van der Waals surface area contributed by atoms with Crippen molar-refractivity contribution < 1.29 is 24.1 Å². The Labute approximate surface area is 192 Å². The van der Waals surface area contributed by atoms with Crippen molar-refractivity contribution in [3.63, 3.8) is 0 Å². The first-order chi connectivity index (χ1) is 16.4. The number of aliphatic hydroxyl groups excluding tert-OH is 1. The van der Waals surface area contributed by atoms with Gasteiger partial charge in [-0.15, -0.1) is 0 Å². The van der Waals surface area contributed by atoms with Crippen LogP contribution in [0.2, 0.25) is 0 Å². The minimum absolute atomic E-state index is 0.00730. The van der Waals surface area contributed by atoms with Crippen molar-refractivity contribution in [2.24, 2.45) is 7.05 Å². The fourth-order valence-electron chi connectivity index (χ4n) is 3.31. The fourth-order valence-corrected chi connectivity index (χ4v) is 3.31. The van der Waals surface area contributed by atoms with Crippen LogP contribution in [0.25, 0.3) is 11.2 Å². The number of nitrogens with one attached hydrogen (secondary N) is 1. The first-order valence-corrected chi connectivity index (χ1v) is 10.3. The normalized spacial score (nSPS) is 11.9. The summed E-state index contributed by atoms with van der Waals surface area (Å²) >= 11 is 0. The van der Waals surface area contributed by atoms with Gasteiger partial charge in [0.2, 0.25) is 0 Å². The molecule has 0 radical (unpaired) electrons. The highest BCUT2D eigenvalue weighted by Gasteiger charge is 2.23. The Hall–Kier alpha value is -4.38. The van der Waals surface area contributed by atoms with Gasteiger partial charge in [-0.1, -0.05) is 18.2 Å². The quantitative estimate of drug-likeness (QED) is 0.368. The third-order valence-corrected chi connectivity index (χ3v) is 5.06. The molecule has 0 saturated heterocycles. The van der Waals surface area contributed by atoms with Gasteiger partial charge in [-0.05, 0) is 36.4 Å². The number of nitrogens with zero attached hydrogens (tertiary/aromatic N) is 3. The standard InChI is InChI=1S/C23H22N4O7/c1-26-19-18(20(29)25-22(26)31)27(23(24-19)34-21(30)14-6-4-3-5-7-14)12-15(28)13-33-17-10-8-16(32-2)9-11-17/h3-11,15,28H,12-13H2,1-2H3,(H,25,29,31)/t15-/m0/s1. The largest absolute Gasteiger partial charge is 0.497 e. The maximum absolute atomic E-state index is 12.6. The number of imidazole rings is 1. The van der Waals surface area contributed by atoms with Crippen molar-refractivity contribution in [2.75, 3.05) is 13.7 Å². The Morgan fingerprint density at radius 1 is 1.09 bits per heavy atom. The Morgan fingerprint density at radius 2 is 1.76 bits per heavy atom. The molecule has 2 N–H and O–H groups in total. The van der Waals surface area contributed by atoms with Crippen molar-refractivity contribution in [1.82, 2.24) is 19.1 Å². The molecule has 0 saturated carbocycles. The molecule has 0 aliphatic rings. The summed E-state index contributed by atoms with van der Waals surface area (Å²) in [6.07, 6.45) is -1.11. The second-order valence-corrected chi connectivity index (χ2v) is 7.39. The van der Waals surface area contributed by atoms with Gasteiger partial charge in [0.05, 0.1) is 19.2 Å². The van der Waals surface area contributed by atoms with Crippen LogP contribution in [-0.4, -0.2) is 50.0 Å². The molecule has 4 rings (SSSR count). The van der Waals surface area contributed by atoms with Crippen molar-refractivity contribution >= 4 is 17.1 Å². The van der Waals surface area contributed by atoms with E-state index in [1.54, 1.807) is 61.7 Å². The van der Waals surface area contributed by atoms with Crippen LogP contribution in [0.15, 0.2) is 64.2 Å². The number of hydrogen-bond acceptors (Lipinski definition) is 8. The average Bonchev–Trinajstić information content (AvgIpc) is 3.20. The number of aliphatic hydroxyl groups is 1. The van der Waals surface area contributed by atoms with E-state index in [-0.39, 0.29) is 35.9 Å². The molecule has 34 heavy (non-hydrogen) atoms. The Balaban J connectivity index is 1.63. The van der Waals surface area contributed by atoms with E-state index in [1.807, 2.05) is 0 Å². The van der Waals surface area contributed by atoms with Gasteiger partial charge < -0.3 is 19.3 Å². The van der Waals surface area contributed by atoms with E-state index in [1.165, 1.54) is 11.6 Å². The van der Waals surface area contributed by atoms with Gasteiger partial charge in [0, 0.05) is 7.05 Å². The highest BCUT2D eigenvalue weighted by Crippen LogP contribution is 2.21. The number of aromatic nitrogens is 4. The van der Waals surface area contributed by atoms with Crippen molar-refractivity contribution in [3.05, 3.63) is 81.0 Å². The molecule has 11 nitrogen and oxygen atoms in total. The number of carbonyl (C=O) groups excluding carboxylic acids is 1. The van der Waals surface area contributed by atoms with Crippen LogP contribution in [0.3, 0.4) is 0 Å². The summed E-state index contributed by atoms with van der Waals surface area (Å²) in [5.74, 6) is 0.460. The number of ether oxygens (including phenoxy) is 3. The van der Waals surface area contributed by atoms with Crippen molar-refractivity contribution in [3.8, 4) is 17.5 Å². The summed E-state index contributed by atoms with van der Waals surface area (Å²) in [6, 6.07) is 14.8. The lowest BCUT2D eigenvalue weighted by Gasteiger charge is -2.15. The van der Waals surface area contributed by atoms with Gasteiger partial charge >= 0.3 is 17.7 Å². The molecule has 0 unspecified atom stereocenters. The maximum Gasteiger partial charge on any atom is 0.345 e. The Bertz CT molecular complexity index is 1420. The molecule has 2 aromatic carbocycles. The summed E-state index contributed by atoms with van der Waals surface area (Å²) in [4.78, 5) is 43.6. The van der Waals surface area contributed by atoms with E-state index >= 15 is 0 Å². The van der Waals surface area contributed by atoms with Crippen molar-refractivity contribution in [1.29, 1.82) is 0 Å². The lowest BCUT2D eigenvalue weighted by atomic mass is 10.2. The number of methoxy groups -OCH3 is 1. The topological polar surface area (TPSA) is 138 Å². The fraction of sp³-hybridized carbons (Fsp3) is 0.217. The monoisotopic (exact) mass is 466 g/mol. The zero-order valence-corrected chi connectivity index (χ0v) is 18.4. The summed E-state index contributed by atoms with van der Waals surface area (Å²) < 4.78 is 18.5. The van der Waals surface area contributed by atoms with Gasteiger partial charge in [0.25, 0.3) is 5.56 Å². The molecular weight excluding hydrogens is 444 g/mol. The van der Waals surface area contributed by atoms with Crippen LogP contribution in [0.5, 0.6) is 17.5 Å². The van der Waals surface area contributed by atoms with Crippen LogP contribution in [0.1, 0.15) is 10.4 Å². The second kappa shape index (κ2) is 9.63. The zero-order chi connectivity index (χ0) is 24.2. The van der Waals surface area contributed by atoms with E-state index in [9.17, 15) is 19.5 Å². The van der Waals surface area contributed by atoms with E-state index in [0.717, 1.165) is 4.57 Å². The second-order valence-electron chi connectivity index (χ2n) is 7.39. The highest BCUT2D eigenvalue weighted by atomic mass is 16.6. The Kier molecular flexibility index (Phi) is 6.46. The molecular formula is C23H22N4O7. The molecule has 0 aliphatic carbocycles. The number of rotatable bonds is 8. The van der Waals surface area contributed by atoms with Crippen LogP contribution in [-0.2, 0) is 13.6 Å². The summed E-state index contributed by atoms with van der Waals surface area (Å²) in [7, 11) is 2.97. The smallest absolute Gasteiger partial charge is 0.345 e. The molecule has 11 heteroatoms. The molecule has 2 aromatic heterocycles. The average molecular weight is 466 g/mol. The van der Waals surface area contributed by atoms with E-state index in [2.05, 4.69) is 9.97 Å². The van der Waals surface area contributed by atoms with Gasteiger partial charge in [-0.2, -0.15) is 4.98 Å². The number of hydrogen-bond donors (Lipinski definition) is 2. The van der Waals surface area contributed by atoms with Gasteiger partial charge in [-0.25, -0.2) is 9.59 Å². The number of benzene rings is 2. The predicted molar refractivity (Wildman–Crippen MR) is 121 cm³/mol. The number of esters is 1. The van der Waals surface area contributed by atoms with Crippen LogP contribution < -0.4 is 25.5 Å². The molecule has 0 bridgehead atoms. The number of H-pyrrole nitrogens is 1. The molecule has 0 fully saturated rings. The molecule has 2 heterocycles. The summed E-state index contributed by atoms with van der Waals surface area (Å²) in [5, 5.41) is 10.6. The maximum atomic E-state index is 12.6. The zero-order valence-electron chi connectivity index (χ0n) is 18.4. The number of aromatic amines is 1. The van der Waals surface area contributed by atoms with Gasteiger partial charge in [0.1, 0.15) is 24.2 Å². The van der Waals surface area contributed by atoms with Crippen LogP contribution >= 0.6 is 0 Å². The molecule has 0 aliphatic heterocycles. The molecule has 4 aromatic rings. The molecule has 0 spiro atoms. The van der Waals surface area contributed by atoms with Crippen LogP contribution in [0.4, 0.5) is 0 Å². The summed E-state index contributed by atoms with van der Waals surface area (Å²) in [6.45, 7) is -0.312. The molecule has 1 atom stereocenters. The number of carbonyl (C=O) groups is 1. The lowest BCUT2D eigenvalue weighted by molar-refractivity contribution is 0.0684. The lowest BCUT2D eigenvalue weighted by Crippen LogP contribution is -2.30. The SMILES string of the molecule is COc1ccc(OC[C@@H](O)Cn2c(OC(=O)c3ccccc3)nc3c2c(=O)[nH]c(=O)n3C)cc1. The summed E-state index contributed by atoms with van der Waals surface area (Å²) in [5.41, 5.74) is -1.15. The minimum Gasteiger partial charge on any atom is -0.497 e. The van der Waals surface area contributed by atoms with E-state index in [4.69, 9.17) is 14.2 Å². The number of fused-ring (bicyclic) bond motifs is 1. The van der Waals surface area contributed by atoms with E-state index < -0.39 is 23.3 Å². The molecule has 176 valence electrons. The minimum atomic E-state index is -1.11. The van der Waals surface area contributed by atoms with Gasteiger partial charge in [-0.3, -0.25) is 18.9 Å². The van der Waals surface area contributed by atoms with Gasteiger partial charge in [0.15, 0.2) is 11.2 Å². The number of aryl methyl sites for hydroxylation is 1. The van der Waals surface area contributed by atoms with E-state index in [0.29, 0.717) is 11.5 Å².